The molecule has 9 heteroatoms. The van der Waals surface area contributed by atoms with E-state index in [1.54, 1.807) is 11.8 Å². The molecule has 2 amide bonds. The summed E-state index contributed by atoms with van der Waals surface area (Å²) in [6.45, 7) is 8.74. The fourth-order valence-corrected chi connectivity index (χ4v) is 7.17. The smallest absolute Gasteiger partial charge is 0.254 e. The number of carbonyl (C=O) groups is 2. The van der Waals surface area contributed by atoms with Gasteiger partial charge in [0.05, 0.1) is 5.52 Å². The lowest BCUT2D eigenvalue weighted by molar-refractivity contribution is -0.133. The van der Waals surface area contributed by atoms with Crippen LogP contribution in [0.1, 0.15) is 73.0 Å². The number of aryl methyl sites for hydroxylation is 2. The number of thioether (sulfide) groups is 1. The lowest BCUT2D eigenvalue weighted by Gasteiger charge is -2.40. The molecule has 1 saturated heterocycles. The van der Waals surface area contributed by atoms with E-state index in [0.717, 1.165) is 65.5 Å². The van der Waals surface area contributed by atoms with Crippen LogP contribution in [-0.4, -0.2) is 72.8 Å². The SMILES string of the molecule is CCCCc1ccc(C(=O)N2CCN(C(=O)CCCCSc3nnc4c5cc(C)ccc5n(Cc5ccccc5)c4n3)CC2C)cc1. The Labute approximate surface area is 281 Å². The zero-order valence-corrected chi connectivity index (χ0v) is 28.5. The normalized spacial score (nSPS) is 15.1. The Morgan fingerprint density at radius 1 is 0.915 bits per heavy atom. The number of amides is 2. The van der Waals surface area contributed by atoms with Crippen LogP contribution in [0.4, 0.5) is 0 Å². The number of rotatable bonds is 12. The molecule has 8 nitrogen and oxygen atoms in total. The Bertz CT molecular complexity index is 1840. The summed E-state index contributed by atoms with van der Waals surface area (Å²) in [5.41, 5.74) is 7.16. The molecule has 0 saturated carbocycles. The maximum atomic E-state index is 13.2. The highest BCUT2D eigenvalue weighted by molar-refractivity contribution is 7.99. The Morgan fingerprint density at radius 2 is 1.72 bits per heavy atom. The fraction of sp³-hybridized carbons (Fsp3) is 0.395. The molecule has 1 aliphatic heterocycles. The Kier molecular flexibility index (Phi) is 10.5. The molecule has 1 aliphatic rings. The highest BCUT2D eigenvalue weighted by Gasteiger charge is 2.30. The van der Waals surface area contributed by atoms with E-state index in [1.165, 1.54) is 16.7 Å². The Morgan fingerprint density at radius 3 is 2.49 bits per heavy atom. The maximum absolute atomic E-state index is 13.2. The van der Waals surface area contributed by atoms with E-state index in [-0.39, 0.29) is 17.9 Å². The Hall–Kier alpha value is -4.24. The minimum atomic E-state index is -0.0171. The predicted molar refractivity (Wildman–Crippen MR) is 190 cm³/mol. The van der Waals surface area contributed by atoms with Crippen LogP contribution in [0.2, 0.25) is 0 Å². The molecule has 1 unspecified atom stereocenters. The van der Waals surface area contributed by atoms with Crippen LogP contribution in [0, 0.1) is 6.92 Å². The average molecular weight is 649 g/mol. The molecule has 1 atom stereocenters. The van der Waals surface area contributed by atoms with Gasteiger partial charge in [-0.25, -0.2) is 4.98 Å². The first-order valence-electron chi connectivity index (χ1n) is 16.9. The average Bonchev–Trinajstić information content (AvgIpc) is 3.38. The highest BCUT2D eigenvalue weighted by Crippen LogP contribution is 2.29. The molecule has 3 aromatic carbocycles. The largest absolute Gasteiger partial charge is 0.339 e. The minimum absolute atomic E-state index is 0.0171. The molecule has 244 valence electrons. The van der Waals surface area contributed by atoms with Crippen LogP contribution in [0.25, 0.3) is 22.1 Å². The van der Waals surface area contributed by atoms with Gasteiger partial charge >= 0.3 is 0 Å². The topological polar surface area (TPSA) is 84.2 Å². The lowest BCUT2D eigenvalue weighted by atomic mass is 10.0. The van der Waals surface area contributed by atoms with Crippen molar-refractivity contribution in [3.8, 4) is 0 Å². The van der Waals surface area contributed by atoms with Crippen LogP contribution in [0.15, 0.2) is 78.0 Å². The second-order valence-electron chi connectivity index (χ2n) is 12.7. The third-order valence-corrected chi connectivity index (χ3v) is 9.99. The van der Waals surface area contributed by atoms with E-state index >= 15 is 0 Å². The number of nitrogens with zero attached hydrogens (tertiary/aromatic N) is 6. The number of unbranched alkanes of at least 4 members (excludes halogenated alkanes) is 2. The van der Waals surface area contributed by atoms with Gasteiger partial charge in [-0.2, -0.15) is 0 Å². The van der Waals surface area contributed by atoms with Crippen molar-refractivity contribution < 1.29 is 9.59 Å². The first kappa shape index (κ1) is 32.7. The van der Waals surface area contributed by atoms with Crippen molar-refractivity contribution in [2.24, 2.45) is 0 Å². The maximum Gasteiger partial charge on any atom is 0.254 e. The number of hydrogen-bond acceptors (Lipinski definition) is 6. The molecule has 6 rings (SSSR count). The number of fused-ring (bicyclic) bond motifs is 3. The van der Waals surface area contributed by atoms with Gasteiger partial charge in [-0.3, -0.25) is 9.59 Å². The molecule has 0 aliphatic carbocycles. The van der Waals surface area contributed by atoms with Gasteiger partial charge < -0.3 is 14.4 Å². The van der Waals surface area contributed by atoms with Gasteiger partial charge in [0.1, 0.15) is 5.52 Å². The first-order valence-corrected chi connectivity index (χ1v) is 17.9. The highest BCUT2D eigenvalue weighted by atomic mass is 32.2. The quantitative estimate of drug-likeness (QED) is 0.104. The number of benzene rings is 3. The third kappa shape index (κ3) is 7.67. The molecule has 47 heavy (non-hydrogen) atoms. The van der Waals surface area contributed by atoms with Crippen molar-refractivity contribution in [3.63, 3.8) is 0 Å². The summed E-state index contributed by atoms with van der Waals surface area (Å²) in [6, 6.07) is 24.8. The predicted octanol–water partition coefficient (Wildman–Crippen LogP) is 7.31. The van der Waals surface area contributed by atoms with Crippen molar-refractivity contribution >= 4 is 45.6 Å². The van der Waals surface area contributed by atoms with E-state index < -0.39 is 0 Å². The van der Waals surface area contributed by atoms with E-state index in [2.05, 4.69) is 83.2 Å². The van der Waals surface area contributed by atoms with E-state index in [0.29, 0.717) is 37.8 Å². The molecular formula is C38H44N6O2S. The molecule has 5 aromatic rings. The van der Waals surface area contributed by atoms with Gasteiger partial charge in [0, 0.05) is 55.3 Å². The summed E-state index contributed by atoms with van der Waals surface area (Å²) in [6.07, 6.45) is 5.54. The molecular weight excluding hydrogens is 605 g/mol. The van der Waals surface area contributed by atoms with Gasteiger partial charge in [0.2, 0.25) is 11.1 Å². The molecule has 2 aromatic heterocycles. The van der Waals surface area contributed by atoms with Crippen molar-refractivity contribution in [2.75, 3.05) is 25.4 Å². The zero-order chi connectivity index (χ0) is 32.8. The van der Waals surface area contributed by atoms with Crippen LogP contribution < -0.4 is 0 Å². The van der Waals surface area contributed by atoms with Crippen LogP contribution >= 0.6 is 11.8 Å². The van der Waals surface area contributed by atoms with Crippen molar-refractivity contribution in [1.29, 1.82) is 0 Å². The van der Waals surface area contributed by atoms with Crippen molar-refractivity contribution in [2.45, 2.75) is 77.0 Å². The summed E-state index contributed by atoms with van der Waals surface area (Å²) < 4.78 is 2.23. The fourth-order valence-electron chi connectivity index (χ4n) is 6.39. The van der Waals surface area contributed by atoms with E-state index in [4.69, 9.17) is 4.98 Å². The van der Waals surface area contributed by atoms with Crippen molar-refractivity contribution in [3.05, 3.63) is 95.1 Å². The van der Waals surface area contributed by atoms with E-state index in [1.807, 2.05) is 34.9 Å². The standard InChI is InChI=1S/C38H44N6O2S/c1-4-5-11-29-16-18-31(19-17-29)37(46)43-22-21-42(25-28(43)3)34(45)14-9-10-23-47-38-39-36-35(40-41-38)32-24-27(2)15-20-33(32)44(36)26-30-12-7-6-8-13-30/h6-8,12-13,15-20,24,28H,4-5,9-11,14,21-23,25-26H2,1-3H3. The van der Waals surface area contributed by atoms with Gasteiger partial charge in [-0.15, -0.1) is 10.2 Å². The second kappa shape index (κ2) is 15.1. The number of aromatic nitrogens is 4. The van der Waals surface area contributed by atoms with Crippen LogP contribution in [0.3, 0.4) is 0 Å². The van der Waals surface area contributed by atoms with Gasteiger partial charge in [-0.1, -0.05) is 79.2 Å². The van der Waals surface area contributed by atoms with Crippen LogP contribution in [0.5, 0.6) is 0 Å². The summed E-state index contributed by atoms with van der Waals surface area (Å²) in [4.78, 5) is 35.1. The summed E-state index contributed by atoms with van der Waals surface area (Å²) in [5, 5.41) is 10.8. The number of hydrogen-bond donors (Lipinski definition) is 0. The molecule has 1 fully saturated rings. The number of piperazine rings is 1. The molecule has 0 spiro atoms. The summed E-state index contributed by atoms with van der Waals surface area (Å²) >= 11 is 1.59. The molecule has 0 radical (unpaired) electrons. The zero-order valence-electron chi connectivity index (χ0n) is 27.7. The first-order chi connectivity index (χ1) is 22.9. The van der Waals surface area contributed by atoms with E-state index in [9.17, 15) is 9.59 Å². The second-order valence-corrected chi connectivity index (χ2v) is 13.7. The van der Waals surface area contributed by atoms with Gasteiger partial charge in [0.15, 0.2) is 5.65 Å². The van der Waals surface area contributed by atoms with Crippen LogP contribution in [-0.2, 0) is 17.8 Å². The third-order valence-electron chi connectivity index (χ3n) is 9.06. The summed E-state index contributed by atoms with van der Waals surface area (Å²) in [5.74, 6) is 1.03. The summed E-state index contributed by atoms with van der Waals surface area (Å²) in [7, 11) is 0. The minimum Gasteiger partial charge on any atom is -0.339 e. The Balaban J connectivity index is 0.997. The van der Waals surface area contributed by atoms with Gasteiger partial charge in [-0.05, 0) is 74.9 Å². The molecule has 3 heterocycles. The monoisotopic (exact) mass is 648 g/mol. The molecule has 0 N–H and O–H groups in total. The lowest BCUT2D eigenvalue weighted by Crippen LogP contribution is -2.55. The van der Waals surface area contributed by atoms with Gasteiger partial charge in [0.25, 0.3) is 5.91 Å². The molecule has 0 bridgehead atoms. The number of carbonyl (C=O) groups excluding carboxylic acids is 2. The van der Waals surface area contributed by atoms with Crippen molar-refractivity contribution in [1.82, 2.24) is 29.5 Å².